The third-order valence-corrected chi connectivity index (χ3v) is 5.43. The number of hydrogen-bond acceptors (Lipinski definition) is 5. The van der Waals surface area contributed by atoms with Gasteiger partial charge in [0.1, 0.15) is 0 Å². The number of carbonyl (C=O) groups is 2. The van der Waals surface area contributed by atoms with Crippen LogP contribution in [0.5, 0.6) is 0 Å². The Bertz CT molecular complexity index is 1400. The Hall–Kier alpha value is -4.52. The summed E-state index contributed by atoms with van der Waals surface area (Å²) in [6, 6.07) is 25.6. The van der Waals surface area contributed by atoms with Crippen molar-refractivity contribution in [1.82, 2.24) is 9.99 Å². The second-order valence-electron chi connectivity index (χ2n) is 7.60. The zero-order valence-electron chi connectivity index (χ0n) is 17.7. The number of rotatable bonds is 4. The molecule has 0 fully saturated rings. The minimum Gasteiger partial charge on any atom is -0.478 e. The van der Waals surface area contributed by atoms with Crippen molar-refractivity contribution in [3.8, 4) is 11.3 Å². The first-order valence-electron chi connectivity index (χ1n) is 10.3. The van der Waals surface area contributed by atoms with Crippen LogP contribution >= 0.6 is 0 Å². The first-order valence-corrected chi connectivity index (χ1v) is 10.3. The molecule has 7 nitrogen and oxygen atoms in total. The van der Waals surface area contributed by atoms with Gasteiger partial charge in [-0.05, 0) is 24.3 Å². The lowest BCUT2D eigenvalue weighted by atomic mass is 10.0. The zero-order valence-corrected chi connectivity index (χ0v) is 17.7. The number of para-hydroxylation sites is 1. The topological polar surface area (TPSA) is 92.1 Å². The van der Waals surface area contributed by atoms with Crippen LogP contribution in [0.4, 0.5) is 0 Å². The third kappa shape index (κ3) is 3.80. The first kappa shape index (κ1) is 20.4. The second kappa shape index (κ2) is 8.20. The van der Waals surface area contributed by atoms with Crippen molar-refractivity contribution in [2.24, 2.45) is 5.10 Å². The minimum absolute atomic E-state index is 0.153. The van der Waals surface area contributed by atoms with Gasteiger partial charge in [0.25, 0.3) is 0 Å². The Balaban J connectivity index is 1.60. The van der Waals surface area contributed by atoms with E-state index in [0.29, 0.717) is 11.5 Å². The van der Waals surface area contributed by atoms with Crippen LogP contribution in [0.25, 0.3) is 22.2 Å². The standard InChI is InChI=1S/C26H19N3O4/c1-16(30)29-25(18-11-13-19(14-12-18)26(31)32)33-24(28-29)21-15-23(17-7-3-2-4-8-17)27-22-10-6-5-9-20(21)22/h2-15,25H,1H3,(H,31,32). The lowest BCUT2D eigenvalue weighted by Gasteiger charge is -2.19. The predicted molar refractivity (Wildman–Crippen MR) is 123 cm³/mol. The van der Waals surface area contributed by atoms with E-state index >= 15 is 0 Å². The quantitative estimate of drug-likeness (QED) is 0.493. The van der Waals surface area contributed by atoms with Crippen LogP contribution in [0.15, 0.2) is 90.0 Å². The van der Waals surface area contributed by atoms with E-state index in [4.69, 9.17) is 14.8 Å². The van der Waals surface area contributed by atoms with Gasteiger partial charge in [-0.15, -0.1) is 5.10 Å². The van der Waals surface area contributed by atoms with Crippen molar-refractivity contribution < 1.29 is 19.4 Å². The van der Waals surface area contributed by atoms with Crippen molar-refractivity contribution in [2.45, 2.75) is 13.2 Å². The van der Waals surface area contributed by atoms with Gasteiger partial charge < -0.3 is 9.84 Å². The number of hydrogen-bond donors (Lipinski definition) is 1. The van der Waals surface area contributed by atoms with Gasteiger partial charge in [-0.1, -0.05) is 60.7 Å². The summed E-state index contributed by atoms with van der Waals surface area (Å²) in [5.41, 5.74) is 3.99. The maximum Gasteiger partial charge on any atom is 0.335 e. The van der Waals surface area contributed by atoms with Crippen LogP contribution in [-0.2, 0) is 9.53 Å². The highest BCUT2D eigenvalue weighted by atomic mass is 16.5. The highest BCUT2D eigenvalue weighted by Gasteiger charge is 2.34. The fourth-order valence-corrected chi connectivity index (χ4v) is 3.79. The molecule has 0 spiro atoms. The molecule has 0 radical (unpaired) electrons. The van der Waals surface area contributed by atoms with E-state index in [9.17, 15) is 9.59 Å². The highest BCUT2D eigenvalue weighted by Crippen LogP contribution is 2.33. The van der Waals surface area contributed by atoms with Crippen LogP contribution in [0.1, 0.15) is 34.6 Å². The van der Waals surface area contributed by atoms with E-state index in [1.807, 2.05) is 60.7 Å². The molecule has 4 aromatic rings. The molecule has 0 saturated carbocycles. The molecule has 5 rings (SSSR count). The maximum absolute atomic E-state index is 12.4. The molecule has 33 heavy (non-hydrogen) atoms. The molecular formula is C26H19N3O4. The summed E-state index contributed by atoms with van der Waals surface area (Å²) in [6.07, 6.45) is -0.799. The Labute approximate surface area is 189 Å². The lowest BCUT2D eigenvalue weighted by molar-refractivity contribution is -0.135. The fourth-order valence-electron chi connectivity index (χ4n) is 3.79. The van der Waals surface area contributed by atoms with E-state index in [1.54, 1.807) is 12.1 Å². The monoisotopic (exact) mass is 437 g/mol. The summed E-state index contributed by atoms with van der Waals surface area (Å²) in [4.78, 5) is 28.3. The van der Waals surface area contributed by atoms with E-state index in [0.717, 1.165) is 27.7 Å². The van der Waals surface area contributed by atoms with Crippen molar-refractivity contribution >= 4 is 28.7 Å². The summed E-state index contributed by atoms with van der Waals surface area (Å²) in [5.74, 6) is -1.02. The van der Waals surface area contributed by atoms with E-state index in [-0.39, 0.29) is 11.5 Å². The molecule has 1 N–H and O–H groups in total. The molecule has 0 aliphatic carbocycles. The normalized spacial score (nSPS) is 15.2. The van der Waals surface area contributed by atoms with Gasteiger partial charge in [0.05, 0.1) is 16.8 Å². The molecule has 0 bridgehead atoms. The summed E-state index contributed by atoms with van der Waals surface area (Å²) in [6.45, 7) is 1.41. The highest BCUT2D eigenvalue weighted by molar-refractivity contribution is 6.08. The first-order chi connectivity index (χ1) is 16.0. The van der Waals surface area contributed by atoms with Crippen LogP contribution in [-0.4, -0.2) is 32.9 Å². The Kier molecular flexibility index (Phi) is 5.06. The Morgan fingerprint density at radius 1 is 0.939 bits per heavy atom. The van der Waals surface area contributed by atoms with E-state index in [2.05, 4.69) is 5.10 Å². The molecule has 1 atom stereocenters. The predicted octanol–water partition coefficient (Wildman–Crippen LogP) is 4.84. The van der Waals surface area contributed by atoms with E-state index in [1.165, 1.54) is 24.1 Å². The number of benzene rings is 3. The number of aromatic carboxylic acids is 1. The number of hydrazone groups is 1. The van der Waals surface area contributed by atoms with Crippen molar-refractivity contribution in [3.05, 3.63) is 102 Å². The summed E-state index contributed by atoms with van der Waals surface area (Å²) >= 11 is 0. The van der Waals surface area contributed by atoms with Crippen molar-refractivity contribution in [1.29, 1.82) is 0 Å². The number of aromatic nitrogens is 1. The number of pyridine rings is 1. The number of carbonyl (C=O) groups excluding carboxylic acids is 1. The van der Waals surface area contributed by atoms with Gasteiger partial charge in [0, 0.05) is 29.0 Å². The van der Waals surface area contributed by atoms with Crippen LogP contribution in [0, 0.1) is 0 Å². The van der Waals surface area contributed by atoms with Crippen molar-refractivity contribution in [2.75, 3.05) is 0 Å². The minimum atomic E-state index is -1.02. The molecule has 1 amide bonds. The molecule has 1 aliphatic heterocycles. The zero-order chi connectivity index (χ0) is 22.9. The number of nitrogens with zero attached hydrogens (tertiary/aromatic N) is 3. The molecule has 2 heterocycles. The lowest BCUT2D eigenvalue weighted by Crippen LogP contribution is -2.25. The largest absolute Gasteiger partial charge is 0.478 e. The summed E-state index contributed by atoms with van der Waals surface area (Å²) in [5, 5.41) is 15.8. The van der Waals surface area contributed by atoms with Crippen LogP contribution in [0.2, 0.25) is 0 Å². The molecule has 1 unspecified atom stereocenters. The Morgan fingerprint density at radius 3 is 2.33 bits per heavy atom. The average Bonchev–Trinajstić information content (AvgIpc) is 3.30. The SMILES string of the molecule is CC(=O)N1N=C(c2cc(-c3ccccc3)nc3ccccc23)OC1c1ccc(C(=O)O)cc1. The maximum atomic E-state index is 12.4. The van der Waals surface area contributed by atoms with Gasteiger partial charge in [-0.3, -0.25) is 4.79 Å². The number of ether oxygens (including phenoxy) is 1. The van der Waals surface area contributed by atoms with Gasteiger partial charge in [-0.2, -0.15) is 5.01 Å². The third-order valence-electron chi connectivity index (χ3n) is 5.43. The molecule has 1 aromatic heterocycles. The summed E-state index contributed by atoms with van der Waals surface area (Å²) < 4.78 is 6.19. The number of carboxylic acid groups (broad SMARTS) is 1. The van der Waals surface area contributed by atoms with Gasteiger partial charge in [0.2, 0.25) is 18.0 Å². The average molecular weight is 437 g/mol. The molecule has 3 aromatic carbocycles. The fraction of sp³-hybridized carbons (Fsp3) is 0.0769. The second-order valence-corrected chi connectivity index (χ2v) is 7.60. The van der Waals surface area contributed by atoms with Gasteiger partial charge >= 0.3 is 5.97 Å². The molecular weight excluding hydrogens is 418 g/mol. The number of amides is 1. The smallest absolute Gasteiger partial charge is 0.335 e. The van der Waals surface area contributed by atoms with Crippen LogP contribution < -0.4 is 0 Å². The van der Waals surface area contributed by atoms with E-state index < -0.39 is 12.2 Å². The van der Waals surface area contributed by atoms with Gasteiger partial charge in [-0.25, -0.2) is 9.78 Å². The number of carboxylic acids is 1. The molecule has 162 valence electrons. The molecule has 1 aliphatic rings. The van der Waals surface area contributed by atoms with Crippen molar-refractivity contribution in [3.63, 3.8) is 0 Å². The summed E-state index contributed by atoms with van der Waals surface area (Å²) in [7, 11) is 0. The number of fused-ring (bicyclic) bond motifs is 1. The molecule has 7 heteroatoms. The Morgan fingerprint density at radius 2 is 1.64 bits per heavy atom. The van der Waals surface area contributed by atoms with Crippen LogP contribution in [0.3, 0.4) is 0 Å². The van der Waals surface area contributed by atoms with Gasteiger partial charge in [0.15, 0.2) is 0 Å². The molecule has 0 saturated heterocycles.